The van der Waals surface area contributed by atoms with E-state index < -0.39 is 0 Å². The number of hydrogen-bond donors (Lipinski definition) is 0. The minimum absolute atomic E-state index is 0.132. The molecule has 0 atom stereocenters. The Morgan fingerprint density at radius 1 is 0.970 bits per heavy atom. The SMILES string of the molecule is CCN(CC)c1ccc(/C=C/C2=CC(=C\c3ccc(C=C(C#N)C#N)s3)/CC(C)(C)C2)cc1. The van der Waals surface area contributed by atoms with Crippen LogP contribution in [0, 0.1) is 28.1 Å². The van der Waals surface area contributed by atoms with Crippen molar-refractivity contribution in [2.24, 2.45) is 5.41 Å². The molecule has 3 rings (SSSR count). The Morgan fingerprint density at radius 3 is 2.27 bits per heavy atom. The molecule has 1 aromatic heterocycles. The second-order valence-corrected chi connectivity index (χ2v) is 10.2. The van der Waals surface area contributed by atoms with E-state index in [9.17, 15) is 0 Å². The van der Waals surface area contributed by atoms with Crippen LogP contribution in [0.15, 0.2) is 65.3 Å². The lowest BCUT2D eigenvalue weighted by Gasteiger charge is -2.30. The molecular weight excluding hydrogens is 422 g/mol. The second-order valence-electron chi connectivity index (χ2n) is 9.08. The average Bonchev–Trinajstić information content (AvgIpc) is 3.23. The first-order valence-electron chi connectivity index (χ1n) is 11.4. The third-order valence-electron chi connectivity index (χ3n) is 5.75. The van der Waals surface area contributed by atoms with Gasteiger partial charge in [0.15, 0.2) is 0 Å². The van der Waals surface area contributed by atoms with E-state index in [1.165, 1.54) is 22.4 Å². The molecule has 1 heterocycles. The number of nitrogens with zero attached hydrogens (tertiary/aromatic N) is 3. The molecule has 33 heavy (non-hydrogen) atoms. The van der Waals surface area contributed by atoms with E-state index in [2.05, 4.69) is 87.2 Å². The molecule has 0 radical (unpaired) electrons. The van der Waals surface area contributed by atoms with E-state index in [1.54, 1.807) is 17.4 Å². The van der Waals surface area contributed by atoms with Crippen LogP contribution < -0.4 is 4.90 Å². The highest BCUT2D eigenvalue weighted by Crippen LogP contribution is 2.39. The molecule has 0 aliphatic heterocycles. The standard InChI is InChI=1S/C29H31N3S/c1-5-32(6-2)26-11-9-22(10-12-26)7-8-23-15-24(19-29(3,4)18-23)16-27-13-14-28(33-27)17-25(20-30)21-31/h7-17H,5-6,18-19H2,1-4H3/b8-7+,24-16+. The van der Waals surface area contributed by atoms with E-state index in [0.717, 1.165) is 35.7 Å². The summed E-state index contributed by atoms with van der Waals surface area (Å²) in [6.45, 7) is 11.0. The zero-order chi connectivity index (χ0) is 23.8. The summed E-state index contributed by atoms with van der Waals surface area (Å²) >= 11 is 1.60. The Bertz CT molecular complexity index is 1150. The highest BCUT2D eigenvalue weighted by molar-refractivity contribution is 7.13. The zero-order valence-corrected chi connectivity index (χ0v) is 20.7. The van der Waals surface area contributed by atoms with Crippen molar-refractivity contribution in [1.29, 1.82) is 10.5 Å². The zero-order valence-electron chi connectivity index (χ0n) is 19.9. The van der Waals surface area contributed by atoms with E-state index in [0.29, 0.717) is 0 Å². The lowest BCUT2D eigenvalue weighted by atomic mass is 9.75. The molecule has 0 spiro atoms. The van der Waals surface area contributed by atoms with Gasteiger partial charge in [0.1, 0.15) is 17.7 Å². The smallest absolute Gasteiger partial charge is 0.131 e. The van der Waals surface area contributed by atoms with Gasteiger partial charge in [0.2, 0.25) is 0 Å². The number of nitriles is 2. The lowest BCUT2D eigenvalue weighted by molar-refractivity contribution is 0.356. The van der Waals surface area contributed by atoms with Crippen LogP contribution >= 0.6 is 11.3 Å². The van der Waals surface area contributed by atoms with Crippen molar-refractivity contribution in [2.75, 3.05) is 18.0 Å². The highest BCUT2D eigenvalue weighted by Gasteiger charge is 2.24. The lowest BCUT2D eigenvalue weighted by Crippen LogP contribution is -2.21. The molecule has 0 bridgehead atoms. The predicted octanol–water partition coefficient (Wildman–Crippen LogP) is 7.87. The fourth-order valence-corrected chi connectivity index (χ4v) is 5.17. The minimum atomic E-state index is 0.132. The second kappa shape index (κ2) is 11.0. The Morgan fingerprint density at radius 2 is 1.64 bits per heavy atom. The Labute approximate surface area is 202 Å². The molecule has 4 heteroatoms. The largest absolute Gasteiger partial charge is 0.372 e. The van der Waals surface area contributed by atoms with Crippen LogP contribution in [-0.4, -0.2) is 13.1 Å². The van der Waals surface area contributed by atoms with Gasteiger partial charge in [-0.1, -0.05) is 44.2 Å². The number of anilines is 1. The first-order valence-corrected chi connectivity index (χ1v) is 12.2. The van der Waals surface area contributed by atoms with Crippen molar-refractivity contribution >= 4 is 35.3 Å². The topological polar surface area (TPSA) is 50.8 Å². The van der Waals surface area contributed by atoms with Crippen LogP contribution in [0.3, 0.4) is 0 Å². The summed E-state index contributed by atoms with van der Waals surface area (Å²) in [5.74, 6) is 0. The van der Waals surface area contributed by atoms with Crippen LogP contribution in [0.5, 0.6) is 0 Å². The maximum Gasteiger partial charge on any atom is 0.131 e. The van der Waals surface area contributed by atoms with E-state index >= 15 is 0 Å². The van der Waals surface area contributed by atoms with Crippen LogP contribution in [-0.2, 0) is 0 Å². The molecule has 168 valence electrons. The predicted molar refractivity (Wildman–Crippen MR) is 142 cm³/mol. The maximum atomic E-state index is 8.97. The van der Waals surface area contributed by atoms with Gasteiger partial charge in [-0.3, -0.25) is 0 Å². The molecule has 1 aromatic carbocycles. The van der Waals surface area contributed by atoms with Gasteiger partial charge in [0.05, 0.1) is 0 Å². The van der Waals surface area contributed by atoms with E-state index in [-0.39, 0.29) is 11.0 Å². The summed E-state index contributed by atoms with van der Waals surface area (Å²) in [6.07, 6.45) is 12.7. The summed E-state index contributed by atoms with van der Waals surface area (Å²) in [5.41, 5.74) is 5.44. The first-order chi connectivity index (χ1) is 15.9. The first kappa shape index (κ1) is 24.3. The maximum absolute atomic E-state index is 8.97. The Hall–Kier alpha value is -3.34. The van der Waals surface area contributed by atoms with E-state index in [1.807, 2.05) is 18.2 Å². The van der Waals surface area contributed by atoms with Crippen molar-refractivity contribution < 1.29 is 0 Å². The highest BCUT2D eigenvalue weighted by atomic mass is 32.1. The van der Waals surface area contributed by atoms with Gasteiger partial charge >= 0.3 is 0 Å². The minimum Gasteiger partial charge on any atom is -0.372 e. The van der Waals surface area contributed by atoms with Gasteiger partial charge in [-0.2, -0.15) is 10.5 Å². The van der Waals surface area contributed by atoms with Gasteiger partial charge in [-0.25, -0.2) is 0 Å². The van der Waals surface area contributed by atoms with Gasteiger partial charge in [0.25, 0.3) is 0 Å². The van der Waals surface area contributed by atoms with Gasteiger partial charge in [0, 0.05) is 28.5 Å². The van der Waals surface area contributed by atoms with Crippen molar-refractivity contribution in [1.82, 2.24) is 0 Å². The molecule has 0 amide bonds. The van der Waals surface area contributed by atoms with Crippen LogP contribution in [0.2, 0.25) is 0 Å². The molecule has 2 aromatic rings. The van der Waals surface area contributed by atoms with Gasteiger partial charge in [-0.05, 0) is 85.2 Å². The molecular formula is C29H31N3S. The number of hydrogen-bond acceptors (Lipinski definition) is 4. The molecule has 0 unspecified atom stereocenters. The van der Waals surface area contributed by atoms with Gasteiger partial charge < -0.3 is 4.90 Å². The summed E-state index contributed by atoms with van der Waals surface area (Å²) in [5, 5.41) is 17.9. The Balaban J connectivity index is 1.80. The van der Waals surface area contributed by atoms with Crippen molar-refractivity contribution in [3.05, 3.63) is 80.6 Å². The molecule has 0 N–H and O–H groups in total. The summed E-state index contributed by atoms with van der Waals surface area (Å²) < 4.78 is 0. The summed E-state index contributed by atoms with van der Waals surface area (Å²) in [4.78, 5) is 4.41. The monoisotopic (exact) mass is 453 g/mol. The fourth-order valence-electron chi connectivity index (χ4n) is 4.23. The molecule has 0 saturated carbocycles. The normalized spacial score (nSPS) is 16.2. The fraction of sp³-hybridized carbons (Fsp3) is 0.310. The summed E-state index contributed by atoms with van der Waals surface area (Å²) in [6, 6.07) is 16.6. The van der Waals surface area contributed by atoms with Gasteiger partial charge in [-0.15, -0.1) is 11.3 Å². The number of allylic oxidation sites excluding steroid dienone is 5. The Kier molecular flexibility index (Phi) is 8.10. The number of rotatable bonds is 7. The van der Waals surface area contributed by atoms with Crippen LogP contribution in [0.4, 0.5) is 5.69 Å². The quantitative estimate of drug-likeness (QED) is 0.401. The molecule has 0 fully saturated rings. The number of benzene rings is 1. The molecule has 1 aliphatic rings. The molecule has 0 saturated heterocycles. The summed E-state index contributed by atoms with van der Waals surface area (Å²) in [7, 11) is 0. The molecule has 3 nitrogen and oxygen atoms in total. The third-order valence-corrected chi connectivity index (χ3v) is 6.73. The number of thiophene rings is 1. The molecule has 1 aliphatic carbocycles. The average molecular weight is 454 g/mol. The third kappa shape index (κ3) is 6.82. The van der Waals surface area contributed by atoms with Crippen molar-refractivity contribution in [2.45, 2.75) is 40.5 Å². The van der Waals surface area contributed by atoms with Crippen LogP contribution in [0.25, 0.3) is 18.2 Å². The van der Waals surface area contributed by atoms with Crippen molar-refractivity contribution in [3.63, 3.8) is 0 Å². The van der Waals surface area contributed by atoms with Crippen LogP contribution in [0.1, 0.15) is 55.9 Å². The van der Waals surface area contributed by atoms with Crippen molar-refractivity contribution in [3.8, 4) is 12.1 Å². The van der Waals surface area contributed by atoms with E-state index in [4.69, 9.17) is 10.5 Å².